The van der Waals surface area contributed by atoms with Gasteiger partial charge in [0.2, 0.25) is 0 Å². The van der Waals surface area contributed by atoms with Crippen LogP contribution in [0.5, 0.6) is 5.75 Å². The Kier molecular flexibility index (Phi) is 6.82. The molecule has 25 heavy (non-hydrogen) atoms. The lowest BCUT2D eigenvalue weighted by atomic mass is 10.1. The standard InChI is InChI=1S/C19H28N2O4/c1-4-15-6-8-16(9-7-15)25-14(3)18(22)21-12-10-20(11-13-21)17(5-2)19(23)24/h6-9,14,17H,4-5,10-13H2,1-3H3,(H,23,24). The molecule has 2 unspecified atom stereocenters. The quantitative estimate of drug-likeness (QED) is 0.816. The van der Waals surface area contributed by atoms with E-state index in [0.29, 0.717) is 38.3 Å². The Morgan fingerprint density at radius 2 is 1.72 bits per heavy atom. The highest BCUT2D eigenvalue weighted by atomic mass is 16.5. The van der Waals surface area contributed by atoms with Crippen LogP contribution in [0.1, 0.15) is 32.8 Å². The summed E-state index contributed by atoms with van der Waals surface area (Å²) in [5.74, 6) is -0.161. The number of amides is 1. The van der Waals surface area contributed by atoms with E-state index in [9.17, 15) is 14.7 Å². The lowest BCUT2D eigenvalue weighted by molar-refractivity contribution is -0.146. The zero-order valence-corrected chi connectivity index (χ0v) is 15.3. The summed E-state index contributed by atoms with van der Waals surface area (Å²) in [5.41, 5.74) is 1.23. The van der Waals surface area contributed by atoms with Crippen molar-refractivity contribution in [3.8, 4) is 5.75 Å². The van der Waals surface area contributed by atoms with Crippen molar-refractivity contribution in [1.29, 1.82) is 0 Å². The molecule has 0 radical (unpaired) electrons. The lowest BCUT2D eigenvalue weighted by Gasteiger charge is -2.38. The zero-order valence-electron chi connectivity index (χ0n) is 15.3. The fourth-order valence-corrected chi connectivity index (χ4v) is 3.16. The maximum absolute atomic E-state index is 12.6. The first-order chi connectivity index (χ1) is 12.0. The molecule has 1 aliphatic rings. The molecule has 1 aliphatic heterocycles. The van der Waals surface area contributed by atoms with Crippen LogP contribution in [0.25, 0.3) is 0 Å². The van der Waals surface area contributed by atoms with E-state index in [1.165, 1.54) is 5.56 Å². The van der Waals surface area contributed by atoms with Gasteiger partial charge in [-0.2, -0.15) is 0 Å². The first-order valence-corrected chi connectivity index (χ1v) is 8.97. The smallest absolute Gasteiger partial charge is 0.320 e. The van der Waals surface area contributed by atoms with Gasteiger partial charge in [-0.25, -0.2) is 0 Å². The highest BCUT2D eigenvalue weighted by molar-refractivity contribution is 5.81. The summed E-state index contributed by atoms with van der Waals surface area (Å²) in [4.78, 5) is 27.5. The second-order valence-corrected chi connectivity index (χ2v) is 6.38. The van der Waals surface area contributed by atoms with Crippen molar-refractivity contribution in [2.24, 2.45) is 0 Å². The van der Waals surface area contributed by atoms with Gasteiger partial charge in [0.25, 0.3) is 5.91 Å². The number of benzene rings is 1. The van der Waals surface area contributed by atoms with Crippen LogP contribution >= 0.6 is 0 Å². The molecule has 0 spiro atoms. The van der Waals surface area contributed by atoms with Crippen LogP contribution in [-0.4, -0.2) is 65.1 Å². The summed E-state index contributed by atoms with van der Waals surface area (Å²) in [6, 6.07) is 7.31. The SMILES string of the molecule is CCc1ccc(OC(C)C(=O)N2CCN(C(CC)C(=O)O)CC2)cc1. The molecule has 138 valence electrons. The first kappa shape index (κ1) is 19.2. The number of nitrogens with zero attached hydrogens (tertiary/aromatic N) is 2. The first-order valence-electron chi connectivity index (χ1n) is 8.97. The van der Waals surface area contributed by atoms with Crippen LogP contribution < -0.4 is 4.74 Å². The molecule has 1 fully saturated rings. The van der Waals surface area contributed by atoms with Gasteiger partial charge in [-0.1, -0.05) is 26.0 Å². The van der Waals surface area contributed by atoms with Crippen LogP contribution in [0.2, 0.25) is 0 Å². The Labute approximate surface area is 149 Å². The third-order valence-electron chi connectivity index (χ3n) is 4.73. The van der Waals surface area contributed by atoms with Gasteiger partial charge in [0, 0.05) is 26.2 Å². The maximum Gasteiger partial charge on any atom is 0.320 e. The highest BCUT2D eigenvalue weighted by Crippen LogP contribution is 2.16. The van der Waals surface area contributed by atoms with Crippen molar-refractivity contribution in [3.63, 3.8) is 0 Å². The molecule has 0 bridgehead atoms. The average Bonchev–Trinajstić information content (AvgIpc) is 2.62. The Hall–Kier alpha value is -2.08. The molecule has 0 saturated carbocycles. The molecule has 6 nitrogen and oxygen atoms in total. The number of ether oxygens (including phenoxy) is 1. The molecule has 6 heteroatoms. The fraction of sp³-hybridized carbons (Fsp3) is 0.579. The van der Waals surface area contributed by atoms with E-state index in [4.69, 9.17) is 4.74 Å². The number of carboxylic acids is 1. The summed E-state index contributed by atoms with van der Waals surface area (Å²) < 4.78 is 5.76. The molecule has 1 amide bonds. The minimum atomic E-state index is -0.797. The largest absolute Gasteiger partial charge is 0.481 e. The summed E-state index contributed by atoms with van der Waals surface area (Å²) in [5, 5.41) is 9.25. The second-order valence-electron chi connectivity index (χ2n) is 6.38. The van der Waals surface area contributed by atoms with Gasteiger partial charge in [0.15, 0.2) is 6.10 Å². The van der Waals surface area contributed by atoms with Crippen molar-refractivity contribution >= 4 is 11.9 Å². The van der Waals surface area contributed by atoms with Crippen molar-refractivity contribution in [1.82, 2.24) is 9.80 Å². The molecular weight excluding hydrogens is 320 g/mol. The molecule has 2 atom stereocenters. The van der Waals surface area contributed by atoms with Crippen molar-refractivity contribution < 1.29 is 19.4 Å². The molecular formula is C19H28N2O4. The Balaban J connectivity index is 1.87. The number of carbonyl (C=O) groups is 2. The summed E-state index contributed by atoms with van der Waals surface area (Å²) in [7, 11) is 0. The third kappa shape index (κ3) is 4.95. The minimum Gasteiger partial charge on any atom is -0.481 e. The Bertz CT molecular complexity index is 580. The zero-order chi connectivity index (χ0) is 18.4. The summed E-state index contributed by atoms with van der Waals surface area (Å²) >= 11 is 0. The second kappa shape index (κ2) is 8.85. The Morgan fingerprint density at radius 1 is 1.12 bits per heavy atom. The number of hydrogen-bond donors (Lipinski definition) is 1. The summed E-state index contributed by atoms with van der Waals surface area (Å²) in [6.07, 6.45) is 0.977. The molecule has 1 heterocycles. The monoisotopic (exact) mass is 348 g/mol. The van der Waals surface area contributed by atoms with E-state index >= 15 is 0 Å². The predicted molar refractivity (Wildman–Crippen MR) is 95.8 cm³/mol. The van der Waals surface area contributed by atoms with Crippen molar-refractivity contribution in [3.05, 3.63) is 29.8 Å². The van der Waals surface area contributed by atoms with Crippen LogP contribution in [0.15, 0.2) is 24.3 Å². The number of carboxylic acid groups (broad SMARTS) is 1. The van der Waals surface area contributed by atoms with Gasteiger partial charge in [-0.05, 0) is 37.5 Å². The third-order valence-corrected chi connectivity index (χ3v) is 4.73. The van der Waals surface area contributed by atoms with Crippen LogP contribution in [-0.2, 0) is 16.0 Å². The van der Waals surface area contributed by atoms with Gasteiger partial charge in [0.05, 0.1) is 0 Å². The number of aryl methyl sites for hydroxylation is 1. The van der Waals surface area contributed by atoms with Gasteiger partial charge in [0.1, 0.15) is 11.8 Å². The average molecular weight is 348 g/mol. The highest BCUT2D eigenvalue weighted by Gasteiger charge is 2.30. The number of piperazine rings is 1. The van der Waals surface area contributed by atoms with Crippen LogP contribution in [0.3, 0.4) is 0 Å². The van der Waals surface area contributed by atoms with E-state index in [1.807, 2.05) is 36.1 Å². The van der Waals surface area contributed by atoms with Gasteiger partial charge >= 0.3 is 5.97 Å². The number of hydrogen-bond acceptors (Lipinski definition) is 4. The normalized spacial score (nSPS) is 17.8. The van der Waals surface area contributed by atoms with Crippen molar-refractivity contribution in [2.45, 2.75) is 45.8 Å². The van der Waals surface area contributed by atoms with Gasteiger partial charge in [-0.15, -0.1) is 0 Å². The van der Waals surface area contributed by atoms with E-state index in [-0.39, 0.29) is 5.91 Å². The number of aliphatic carboxylic acids is 1. The Morgan fingerprint density at radius 3 is 2.20 bits per heavy atom. The predicted octanol–water partition coefficient (Wildman–Crippen LogP) is 2.02. The van der Waals surface area contributed by atoms with Crippen molar-refractivity contribution in [2.75, 3.05) is 26.2 Å². The molecule has 2 rings (SSSR count). The fourth-order valence-electron chi connectivity index (χ4n) is 3.16. The van der Waals surface area contributed by atoms with Crippen LogP contribution in [0, 0.1) is 0 Å². The lowest BCUT2D eigenvalue weighted by Crippen LogP contribution is -2.55. The van der Waals surface area contributed by atoms with E-state index in [0.717, 1.165) is 6.42 Å². The number of rotatable bonds is 7. The topological polar surface area (TPSA) is 70.1 Å². The maximum atomic E-state index is 12.6. The van der Waals surface area contributed by atoms with Gasteiger partial charge in [-0.3, -0.25) is 14.5 Å². The minimum absolute atomic E-state index is 0.0532. The molecule has 0 aromatic heterocycles. The van der Waals surface area contributed by atoms with E-state index < -0.39 is 18.1 Å². The summed E-state index contributed by atoms with van der Waals surface area (Å²) in [6.45, 7) is 7.94. The molecule has 0 aliphatic carbocycles. The van der Waals surface area contributed by atoms with E-state index in [1.54, 1.807) is 11.8 Å². The van der Waals surface area contributed by atoms with E-state index in [2.05, 4.69) is 6.92 Å². The van der Waals surface area contributed by atoms with Gasteiger partial charge < -0.3 is 14.7 Å². The van der Waals surface area contributed by atoms with Crippen LogP contribution in [0.4, 0.5) is 0 Å². The number of carbonyl (C=O) groups excluding carboxylic acids is 1. The molecule has 1 aromatic rings. The molecule has 1 N–H and O–H groups in total. The molecule has 1 saturated heterocycles. The molecule has 1 aromatic carbocycles.